The maximum absolute atomic E-state index is 11.8. The molecule has 0 aromatic carbocycles. The van der Waals surface area contributed by atoms with Crippen molar-refractivity contribution >= 4 is 5.91 Å². The minimum Gasteiger partial charge on any atom is -0.468 e. The van der Waals surface area contributed by atoms with Gasteiger partial charge >= 0.3 is 0 Å². The summed E-state index contributed by atoms with van der Waals surface area (Å²) in [5, 5.41) is 3.24. The molecule has 0 saturated carbocycles. The molecule has 0 saturated heterocycles. The Balaban J connectivity index is 2.46. The fraction of sp³-hybridized carbons (Fsp3) is 0.615. The number of carbonyl (C=O) groups excluding carboxylic acids is 1. The van der Waals surface area contributed by atoms with Gasteiger partial charge in [0.1, 0.15) is 5.76 Å². The van der Waals surface area contributed by atoms with Crippen molar-refractivity contribution in [3.63, 3.8) is 0 Å². The van der Waals surface area contributed by atoms with Crippen LogP contribution >= 0.6 is 0 Å². The fourth-order valence-corrected chi connectivity index (χ4v) is 1.83. The van der Waals surface area contributed by atoms with E-state index in [-0.39, 0.29) is 11.9 Å². The monoisotopic (exact) mass is 238 g/mol. The number of amides is 1. The van der Waals surface area contributed by atoms with Gasteiger partial charge in [-0.15, -0.1) is 0 Å². The molecule has 0 aliphatic carbocycles. The highest BCUT2D eigenvalue weighted by atomic mass is 16.3. The molecule has 0 spiro atoms. The Morgan fingerprint density at radius 3 is 2.59 bits per heavy atom. The molecule has 1 heterocycles. The van der Waals surface area contributed by atoms with Crippen molar-refractivity contribution in [1.82, 2.24) is 10.2 Å². The van der Waals surface area contributed by atoms with E-state index in [2.05, 4.69) is 12.2 Å². The molecule has 4 nitrogen and oxygen atoms in total. The summed E-state index contributed by atoms with van der Waals surface area (Å²) in [5.74, 6) is 1.03. The molecular formula is C13H22N2O2. The maximum atomic E-state index is 11.8. The number of furan rings is 1. The summed E-state index contributed by atoms with van der Waals surface area (Å²) in [7, 11) is 0. The van der Waals surface area contributed by atoms with E-state index in [0.29, 0.717) is 6.54 Å². The van der Waals surface area contributed by atoms with Crippen LogP contribution in [-0.2, 0) is 4.79 Å². The van der Waals surface area contributed by atoms with Gasteiger partial charge in [-0.05, 0) is 32.4 Å². The maximum Gasteiger partial charge on any atom is 0.236 e. The normalized spacial score (nSPS) is 12.4. The lowest BCUT2D eigenvalue weighted by atomic mass is 10.2. The first-order chi connectivity index (χ1) is 8.22. The van der Waals surface area contributed by atoms with Gasteiger partial charge in [0, 0.05) is 13.1 Å². The molecule has 0 aliphatic heterocycles. The van der Waals surface area contributed by atoms with Gasteiger partial charge in [0.15, 0.2) is 0 Å². The predicted octanol–water partition coefficient (Wildman–Crippen LogP) is 2.19. The Hall–Kier alpha value is -1.29. The molecule has 1 aromatic heterocycles. The van der Waals surface area contributed by atoms with Crippen LogP contribution in [0.2, 0.25) is 0 Å². The Morgan fingerprint density at radius 2 is 2.12 bits per heavy atom. The van der Waals surface area contributed by atoms with Crippen LogP contribution in [0.4, 0.5) is 0 Å². The first-order valence-electron chi connectivity index (χ1n) is 6.27. The number of hydrogen-bond acceptors (Lipinski definition) is 3. The van der Waals surface area contributed by atoms with Crippen LogP contribution in [0.1, 0.15) is 39.0 Å². The quantitative estimate of drug-likeness (QED) is 0.792. The largest absolute Gasteiger partial charge is 0.468 e. The summed E-state index contributed by atoms with van der Waals surface area (Å²) in [6.45, 7) is 7.93. The second-order valence-corrected chi connectivity index (χ2v) is 3.92. The van der Waals surface area contributed by atoms with Crippen molar-refractivity contribution in [2.45, 2.75) is 33.2 Å². The lowest BCUT2D eigenvalue weighted by Crippen LogP contribution is -2.39. The molecular weight excluding hydrogens is 216 g/mol. The molecule has 0 fully saturated rings. The molecule has 4 heteroatoms. The summed E-state index contributed by atoms with van der Waals surface area (Å²) in [5.41, 5.74) is 0. The number of likely N-dealkylation sites (N-methyl/N-ethyl adjacent to an activating group) is 1. The molecule has 17 heavy (non-hydrogen) atoms. The van der Waals surface area contributed by atoms with E-state index < -0.39 is 0 Å². The smallest absolute Gasteiger partial charge is 0.236 e. The molecule has 0 bridgehead atoms. The van der Waals surface area contributed by atoms with Gasteiger partial charge in [0.05, 0.1) is 18.8 Å². The van der Waals surface area contributed by atoms with Crippen molar-refractivity contribution in [1.29, 1.82) is 0 Å². The Labute approximate surface area is 103 Å². The van der Waals surface area contributed by atoms with E-state index >= 15 is 0 Å². The highest BCUT2D eigenvalue weighted by molar-refractivity contribution is 5.78. The zero-order chi connectivity index (χ0) is 12.7. The molecule has 1 unspecified atom stereocenters. The zero-order valence-electron chi connectivity index (χ0n) is 10.9. The lowest BCUT2D eigenvalue weighted by molar-refractivity contribution is -0.130. The predicted molar refractivity (Wildman–Crippen MR) is 67.7 cm³/mol. The highest BCUT2D eigenvalue weighted by Crippen LogP contribution is 2.16. The first kappa shape index (κ1) is 13.8. The van der Waals surface area contributed by atoms with Gasteiger partial charge in [0.2, 0.25) is 5.91 Å². The van der Waals surface area contributed by atoms with Crippen molar-refractivity contribution in [3.05, 3.63) is 24.2 Å². The molecule has 1 atom stereocenters. The number of rotatable bonds is 7. The van der Waals surface area contributed by atoms with Crippen LogP contribution in [0.25, 0.3) is 0 Å². The Bertz CT molecular complexity index is 318. The van der Waals surface area contributed by atoms with Crippen LogP contribution < -0.4 is 5.32 Å². The third kappa shape index (κ3) is 3.89. The van der Waals surface area contributed by atoms with Crippen LogP contribution in [0.15, 0.2) is 22.8 Å². The van der Waals surface area contributed by atoms with Gasteiger partial charge in [-0.1, -0.05) is 6.92 Å². The SMILES string of the molecule is CCC(NCC(=O)N(CC)CC)c1ccco1. The number of hydrogen-bond donors (Lipinski definition) is 1. The first-order valence-corrected chi connectivity index (χ1v) is 6.27. The van der Waals surface area contributed by atoms with Crippen LogP contribution in [0.3, 0.4) is 0 Å². The van der Waals surface area contributed by atoms with Crippen LogP contribution in [0.5, 0.6) is 0 Å². The second-order valence-electron chi connectivity index (χ2n) is 3.92. The average molecular weight is 238 g/mol. The van der Waals surface area contributed by atoms with E-state index in [4.69, 9.17) is 4.42 Å². The minimum atomic E-state index is 0.115. The molecule has 1 aromatic rings. The van der Waals surface area contributed by atoms with Gasteiger partial charge in [0.25, 0.3) is 0 Å². The zero-order valence-corrected chi connectivity index (χ0v) is 10.9. The third-order valence-electron chi connectivity index (χ3n) is 2.91. The van der Waals surface area contributed by atoms with Gasteiger partial charge in [-0.25, -0.2) is 0 Å². The van der Waals surface area contributed by atoms with Crippen molar-refractivity contribution < 1.29 is 9.21 Å². The van der Waals surface area contributed by atoms with Crippen molar-refractivity contribution in [2.24, 2.45) is 0 Å². The van der Waals surface area contributed by atoms with Gasteiger partial charge in [-0.2, -0.15) is 0 Å². The summed E-state index contributed by atoms with van der Waals surface area (Å²) >= 11 is 0. The number of carbonyl (C=O) groups is 1. The Kier molecular flexibility index (Phi) is 5.77. The topological polar surface area (TPSA) is 45.5 Å². The Morgan fingerprint density at radius 1 is 1.41 bits per heavy atom. The van der Waals surface area contributed by atoms with Crippen molar-refractivity contribution in [3.8, 4) is 0 Å². The van der Waals surface area contributed by atoms with E-state index in [0.717, 1.165) is 25.3 Å². The molecule has 1 N–H and O–H groups in total. The third-order valence-corrected chi connectivity index (χ3v) is 2.91. The summed E-state index contributed by atoms with van der Waals surface area (Å²) < 4.78 is 5.34. The minimum absolute atomic E-state index is 0.115. The summed E-state index contributed by atoms with van der Waals surface area (Å²) in [6, 6.07) is 3.92. The van der Waals surface area contributed by atoms with Crippen molar-refractivity contribution in [2.75, 3.05) is 19.6 Å². The summed E-state index contributed by atoms with van der Waals surface area (Å²) in [6.07, 6.45) is 2.56. The van der Waals surface area contributed by atoms with Crippen LogP contribution in [-0.4, -0.2) is 30.4 Å². The van der Waals surface area contributed by atoms with Gasteiger partial charge < -0.3 is 9.32 Å². The molecule has 1 amide bonds. The molecule has 96 valence electrons. The van der Waals surface area contributed by atoms with E-state index in [1.165, 1.54) is 0 Å². The highest BCUT2D eigenvalue weighted by Gasteiger charge is 2.15. The average Bonchev–Trinajstić information content (AvgIpc) is 2.85. The van der Waals surface area contributed by atoms with Gasteiger partial charge in [-0.3, -0.25) is 10.1 Å². The molecule has 1 rings (SSSR count). The molecule has 0 aliphatic rings. The fourth-order valence-electron chi connectivity index (χ4n) is 1.83. The second kappa shape index (κ2) is 7.12. The lowest BCUT2D eigenvalue weighted by Gasteiger charge is -2.21. The summed E-state index contributed by atoms with van der Waals surface area (Å²) in [4.78, 5) is 13.6. The van der Waals surface area contributed by atoms with Crippen LogP contribution in [0, 0.1) is 0 Å². The number of nitrogens with one attached hydrogen (secondary N) is 1. The van der Waals surface area contributed by atoms with E-state index in [9.17, 15) is 4.79 Å². The van der Waals surface area contributed by atoms with E-state index in [1.54, 1.807) is 6.26 Å². The molecule has 0 radical (unpaired) electrons. The standard InChI is InChI=1S/C13H22N2O2/c1-4-11(12-8-7-9-17-12)14-10-13(16)15(5-2)6-3/h7-9,11,14H,4-6,10H2,1-3H3. The van der Waals surface area contributed by atoms with E-state index in [1.807, 2.05) is 30.9 Å². The number of nitrogens with zero attached hydrogens (tertiary/aromatic N) is 1.